The Kier molecular flexibility index (Phi) is 4.98. The summed E-state index contributed by atoms with van der Waals surface area (Å²) in [5.41, 5.74) is 5.87. The number of nitrogens with one attached hydrogen (secondary N) is 1. The lowest BCUT2D eigenvalue weighted by atomic mass is 10.1. The van der Waals surface area contributed by atoms with Crippen LogP contribution in [0.15, 0.2) is 46.9 Å². The Bertz CT molecular complexity index is 658. The van der Waals surface area contributed by atoms with Gasteiger partial charge in [-0.1, -0.05) is 39.7 Å². The minimum absolute atomic E-state index is 0.0633. The Hall–Kier alpha value is -1.85. The number of nitrogen functional groups attached to an aromatic ring is 1. The van der Waals surface area contributed by atoms with Gasteiger partial charge in [-0.3, -0.25) is 10.6 Å². The highest BCUT2D eigenvalue weighted by molar-refractivity contribution is 9.10. The number of aryl methyl sites for hydroxylation is 1. The zero-order valence-electron chi connectivity index (χ0n) is 12.1. The first kappa shape index (κ1) is 15.5. The molecule has 0 heterocycles. The number of nitrogens with two attached hydrogens (primary N) is 1. The van der Waals surface area contributed by atoms with Gasteiger partial charge in [0.1, 0.15) is 0 Å². The van der Waals surface area contributed by atoms with Crippen LogP contribution in [0.3, 0.4) is 0 Å². The fraction of sp³-hybridized carbons (Fsp3) is 0.188. The average molecular weight is 348 g/mol. The summed E-state index contributed by atoms with van der Waals surface area (Å²) < 4.78 is 1.00. The highest BCUT2D eigenvalue weighted by atomic mass is 79.9. The number of halogens is 1. The fourth-order valence-corrected chi connectivity index (χ4v) is 2.59. The third kappa shape index (κ3) is 3.83. The van der Waals surface area contributed by atoms with E-state index in [0.717, 1.165) is 15.6 Å². The third-order valence-electron chi connectivity index (χ3n) is 3.22. The molecule has 0 aliphatic rings. The van der Waals surface area contributed by atoms with Crippen molar-refractivity contribution < 1.29 is 4.79 Å². The summed E-state index contributed by atoms with van der Waals surface area (Å²) >= 11 is 3.44. The predicted octanol–water partition coefficient (Wildman–Crippen LogP) is 3.32. The zero-order valence-corrected chi connectivity index (χ0v) is 13.6. The van der Waals surface area contributed by atoms with Crippen LogP contribution in [0.2, 0.25) is 0 Å². The number of nitrogens with zero attached hydrogens (tertiary/aromatic N) is 1. The number of carbonyl (C=O) groups excluding carboxylic acids is 1. The highest BCUT2D eigenvalue weighted by Crippen LogP contribution is 2.19. The molecular formula is C16H18BrN3O. The van der Waals surface area contributed by atoms with E-state index in [2.05, 4.69) is 21.4 Å². The molecule has 21 heavy (non-hydrogen) atoms. The molecule has 4 nitrogen and oxygen atoms in total. The lowest BCUT2D eigenvalue weighted by Gasteiger charge is -2.19. The Balaban J connectivity index is 2.21. The number of anilines is 1. The first-order valence-corrected chi connectivity index (χ1v) is 7.37. The number of hydrazine groups is 1. The van der Waals surface area contributed by atoms with E-state index in [9.17, 15) is 4.79 Å². The molecule has 0 fully saturated rings. The van der Waals surface area contributed by atoms with Gasteiger partial charge >= 0.3 is 0 Å². The molecule has 110 valence electrons. The third-order valence-corrected chi connectivity index (χ3v) is 3.71. The summed E-state index contributed by atoms with van der Waals surface area (Å²) in [6, 6.07) is 13.5. The number of amides is 1. The van der Waals surface area contributed by atoms with E-state index in [1.807, 2.05) is 49.4 Å². The highest BCUT2D eigenvalue weighted by Gasteiger charge is 2.16. The van der Waals surface area contributed by atoms with Crippen molar-refractivity contribution in [1.82, 2.24) is 4.90 Å². The van der Waals surface area contributed by atoms with Crippen LogP contribution in [0.5, 0.6) is 0 Å². The van der Waals surface area contributed by atoms with Crippen molar-refractivity contribution in [2.45, 2.75) is 13.5 Å². The van der Waals surface area contributed by atoms with Gasteiger partial charge in [0.05, 0.1) is 11.3 Å². The molecule has 0 radical (unpaired) electrons. The minimum Gasteiger partial charge on any atom is -0.337 e. The topological polar surface area (TPSA) is 58.4 Å². The summed E-state index contributed by atoms with van der Waals surface area (Å²) in [6.45, 7) is 2.49. The van der Waals surface area contributed by atoms with Crippen molar-refractivity contribution in [2.75, 3.05) is 12.5 Å². The summed E-state index contributed by atoms with van der Waals surface area (Å²) in [6.07, 6.45) is 0. The average Bonchev–Trinajstić information content (AvgIpc) is 2.46. The molecule has 0 saturated carbocycles. The number of hydrogen-bond acceptors (Lipinski definition) is 3. The standard InChI is InChI=1S/C16H18BrN3O/c1-11-6-7-15(19-18)14(8-11)16(21)20(2)10-12-4-3-5-13(17)9-12/h3-9,19H,10,18H2,1-2H3. The SMILES string of the molecule is Cc1ccc(NN)c(C(=O)N(C)Cc2cccc(Br)c2)c1. The number of carbonyl (C=O) groups is 1. The Morgan fingerprint density at radius 3 is 2.71 bits per heavy atom. The fourth-order valence-electron chi connectivity index (χ4n) is 2.15. The van der Waals surface area contributed by atoms with Gasteiger partial charge in [0, 0.05) is 18.1 Å². The largest absolute Gasteiger partial charge is 0.337 e. The van der Waals surface area contributed by atoms with E-state index < -0.39 is 0 Å². The molecule has 2 rings (SSSR count). The number of benzene rings is 2. The molecule has 0 spiro atoms. The van der Waals surface area contributed by atoms with Gasteiger partial charge in [0.25, 0.3) is 5.91 Å². The first-order valence-electron chi connectivity index (χ1n) is 6.58. The normalized spacial score (nSPS) is 10.3. The van der Waals surface area contributed by atoms with Crippen LogP contribution in [-0.2, 0) is 6.54 Å². The van der Waals surface area contributed by atoms with Crippen LogP contribution in [0.25, 0.3) is 0 Å². The maximum absolute atomic E-state index is 12.6. The second kappa shape index (κ2) is 6.74. The second-order valence-corrected chi connectivity index (χ2v) is 5.90. The molecule has 0 saturated heterocycles. The Morgan fingerprint density at radius 2 is 2.05 bits per heavy atom. The molecule has 1 amide bonds. The molecule has 2 aromatic carbocycles. The molecule has 0 aromatic heterocycles. The van der Waals surface area contributed by atoms with Crippen molar-refractivity contribution in [3.05, 3.63) is 63.6 Å². The quantitative estimate of drug-likeness (QED) is 0.658. The smallest absolute Gasteiger partial charge is 0.256 e. The van der Waals surface area contributed by atoms with Gasteiger partial charge in [-0.25, -0.2) is 0 Å². The maximum atomic E-state index is 12.6. The Morgan fingerprint density at radius 1 is 1.29 bits per heavy atom. The second-order valence-electron chi connectivity index (χ2n) is 4.98. The zero-order chi connectivity index (χ0) is 15.4. The predicted molar refractivity (Wildman–Crippen MR) is 88.9 cm³/mol. The number of rotatable bonds is 4. The minimum atomic E-state index is -0.0633. The van der Waals surface area contributed by atoms with Crippen LogP contribution in [0.1, 0.15) is 21.5 Å². The molecular weight excluding hydrogens is 330 g/mol. The molecule has 0 atom stereocenters. The summed E-state index contributed by atoms with van der Waals surface area (Å²) in [4.78, 5) is 14.3. The van der Waals surface area contributed by atoms with E-state index in [4.69, 9.17) is 5.84 Å². The summed E-state index contributed by atoms with van der Waals surface area (Å²) in [7, 11) is 1.78. The van der Waals surface area contributed by atoms with Gasteiger partial charge in [0.2, 0.25) is 0 Å². The summed E-state index contributed by atoms with van der Waals surface area (Å²) in [5.74, 6) is 5.42. The van der Waals surface area contributed by atoms with Gasteiger partial charge in [-0.15, -0.1) is 0 Å². The van der Waals surface area contributed by atoms with E-state index in [0.29, 0.717) is 17.8 Å². The molecule has 2 aromatic rings. The lowest BCUT2D eigenvalue weighted by Crippen LogP contribution is -2.27. The van der Waals surface area contributed by atoms with Crippen molar-refractivity contribution >= 4 is 27.5 Å². The first-order chi connectivity index (χ1) is 10.0. The van der Waals surface area contributed by atoms with Gasteiger partial charge in [-0.2, -0.15) is 0 Å². The van der Waals surface area contributed by atoms with Crippen molar-refractivity contribution in [1.29, 1.82) is 0 Å². The van der Waals surface area contributed by atoms with Gasteiger partial charge in [0.15, 0.2) is 0 Å². The maximum Gasteiger partial charge on any atom is 0.256 e. The number of hydrogen-bond donors (Lipinski definition) is 2. The lowest BCUT2D eigenvalue weighted by molar-refractivity contribution is 0.0786. The van der Waals surface area contributed by atoms with Crippen LogP contribution >= 0.6 is 15.9 Å². The van der Waals surface area contributed by atoms with Crippen LogP contribution in [-0.4, -0.2) is 17.9 Å². The van der Waals surface area contributed by atoms with E-state index in [1.165, 1.54) is 0 Å². The van der Waals surface area contributed by atoms with Gasteiger partial charge < -0.3 is 10.3 Å². The molecule has 0 aliphatic carbocycles. The van der Waals surface area contributed by atoms with Gasteiger partial charge in [-0.05, 0) is 36.8 Å². The van der Waals surface area contributed by atoms with Crippen molar-refractivity contribution in [3.63, 3.8) is 0 Å². The van der Waals surface area contributed by atoms with E-state index in [1.54, 1.807) is 11.9 Å². The van der Waals surface area contributed by atoms with E-state index >= 15 is 0 Å². The van der Waals surface area contributed by atoms with Crippen LogP contribution in [0.4, 0.5) is 5.69 Å². The summed E-state index contributed by atoms with van der Waals surface area (Å²) in [5, 5.41) is 0. The van der Waals surface area contributed by atoms with Crippen molar-refractivity contribution in [2.24, 2.45) is 5.84 Å². The van der Waals surface area contributed by atoms with Crippen LogP contribution in [0, 0.1) is 6.92 Å². The molecule has 0 unspecified atom stereocenters. The molecule has 0 aliphatic heterocycles. The molecule has 3 N–H and O–H groups in total. The molecule has 5 heteroatoms. The van der Waals surface area contributed by atoms with Crippen LogP contribution < -0.4 is 11.3 Å². The Labute approximate surface area is 133 Å². The molecule has 0 bridgehead atoms. The monoisotopic (exact) mass is 347 g/mol. The van der Waals surface area contributed by atoms with E-state index in [-0.39, 0.29) is 5.91 Å². The van der Waals surface area contributed by atoms with Crippen molar-refractivity contribution in [3.8, 4) is 0 Å².